The van der Waals surface area contributed by atoms with Gasteiger partial charge in [-0.25, -0.2) is 4.98 Å². The summed E-state index contributed by atoms with van der Waals surface area (Å²) in [5, 5.41) is 0.860. The van der Waals surface area contributed by atoms with Crippen LogP contribution in [0.5, 0.6) is 0 Å². The Morgan fingerprint density at radius 1 is 1.60 bits per heavy atom. The first kappa shape index (κ1) is 10.6. The van der Waals surface area contributed by atoms with Gasteiger partial charge in [-0.3, -0.25) is 4.79 Å². The fourth-order valence-corrected chi connectivity index (χ4v) is 2.72. The first-order chi connectivity index (χ1) is 7.13. The van der Waals surface area contributed by atoms with Crippen LogP contribution in [0.2, 0.25) is 0 Å². The Bertz CT molecular complexity index is 386. The van der Waals surface area contributed by atoms with Crippen molar-refractivity contribution < 1.29 is 4.79 Å². The molecule has 1 aromatic rings. The molecular weight excluding hydrogens is 210 g/mol. The maximum Gasteiger partial charge on any atom is 0.266 e. The lowest BCUT2D eigenvalue weighted by Crippen LogP contribution is -2.41. The normalized spacial score (nSPS) is 16.0. The number of carbonyl (C=O) groups excluding carboxylic acids is 1. The molecule has 0 radical (unpaired) electrons. The number of thiazole rings is 1. The van der Waals surface area contributed by atoms with Gasteiger partial charge in [0.05, 0.1) is 5.69 Å². The molecule has 15 heavy (non-hydrogen) atoms. The average Bonchev–Trinajstić information content (AvgIpc) is 2.61. The zero-order valence-electron chi connectivity index (χ0n) is 8.99. The minimum absolute atomic E-state index is 0.114. The Morgan fingerprint density at radius 3 is 2.93 bits per heavy atom. The molecule has 82 valence electrons. The van der Waals surface area contributed by atoms with Crippen LogP contribution >= 0.6 is 11.3 Å². The van der Waals surface area contributed by atoms with Gasteiger partial charge >= 0.3 is 0 Å². The highest BCUT2D eigenvalue weighted by molar-refractivity contribution is 7.13. The van der Waals surface area contributed by atoms with Crippen LogP contribution < -0.4 is 5.73 Å². The van der Waals surface area contributed by atoms with Gasteiger partial charge < -0.3 is 10.6 Å². The van der Waals surface area contributed by atoms with E-state index < -0.39 is 0 Å². The van der Waals surface area contributed by atoms with Crippen LogP contribution in [0.25, 0.3) is 0 Å². The van der Waals surface area contributed by atoms with E-state index in [0.29, 0.717) is 6.54 Å². The van der Waals surface area contributed by atoms with Crippen molar-refractivity contribution in [3.63, 3.8) is 0 Å². The van der Waals surface area contributed by atoms with Crippen molar-refractivity contribution >= 4 is 17.2 Å². The molecule has 5 heteroatoms. The summed E-state index contributed by atoms with van der Waals surface area (Å²) < 4.78 is 0. The van der Waals surface area contributed by atoms with Crippen LogP contribution in [0.15, 0.2) is 0 Å². The van der Waals surface area contributed by atoms with E-state index in [1.165, 1.54) is 11.3 Å². The van der Waals surface area contributed by atoms with Crippen molar-refractivity contribution in [2.75, 3.05) is 6.54 Å². The summed E-state index contributed by atoms with van der Waals surface area (Å²) in [5.74, 6) is 0.114. The Balaban J connectivity index is 2.33. The standard InChI is InChI=1S/C10H15N3OS/c1-6(2)13-4-3-7-9(10(13)14)15-8(5-11)12-7/h6H,3-5,11H2,1-2H3. The molecule has 0 saturated heterocycles. The van der Waals surface area contributed by atoms with Crippen LogP contribution in [-0.2, 0) is 13.0 Å². The van der Waals surface area contributed by atoms with E-state index in [1.807, 2.05) is 18.7 Å². The molecule has 0 atom stereocenters. The molecule has 4 nitrogen and oxygen atoms in total. The Hall–Kier alpha value is -0.940. The van der Waals surface area contributed by atoms with Crippen molar-refractivity contribution in [2.45, 2.75) is 32.9 Å². The number of hydrogen-bond donors (Lipinski definition) is 1. The van der Waals surface area contributed by atoms with Crippen molar-refractivity contribution in [1.29, 1.82) is 0 Å². The number of hydrogen-bond acceptors (Lipinski definition) is 4. The summed E-state index contributed by atoms with van der Waals surface area (Å²) in [4.78, 5) is 19.1. The molecule has 0 unspecified atom stereocenters. The van der Waals surface area contributed by atoms with Crippen molar-refractivity contribution in [3.05, 3.63) is 15.6 Å². The lowest BCUT2D eigenvalue weighted by molar-refractivity contribution is 0.0693. The van der Waals surface area contributed by atoms with Crippen LogP contribution in [-0.4, -0.2) is 28.4 Å². The first-order valence-electron chi connectivity index (χ1n) is 5.13. The van der Waals surface area contributed by atoms with Crippen molar-refractivity contribution in [2.24, 2.45) is 5.73 Å². The lowest BCUT2D eigenvalue weighted by atomic mass is 10.1. The minimum Gasteiger partial charge on any atom is -0.335 e. The monoisotopic (exact) mass is 225 g/mol. The van der Waals surface area contributed by atoms with E-state index in [-0.39, 0.29) is 11.9 Å². The van der Waals surface area contributed by atoms with Gasteiger partial charge in [0.2, 0.25) is 0 Å². The van der Waals surface area contributed by atoms with Crippen molar-refractivity contribution in [3.8, 4) is 0 Å². The average molecular weight is 225 g/mol. The zero-order chi connectivity index (χ0) is 11.0. The molecule has 2 rings (SSSR count). The van der Waals surface area contributed by atoms with Gasteiger partial charge in [0, 0.05) is 25.6 Å². The molecule has 0 fully saturated rings. The number of rotatable bonds is 2. The number of amides is 1. The summed E-state index contributed by atoms with van der Waals surface area (Å²) in [6, 6.07) is 0.258. The second kappa shape index (κ2) is 3.90. The molecule has 0 saturated carbocycles. The minimum atomic E-state index is 0.114. The van der Waals surface area contributed by atoms with Crippen molar-refractivity contribution in [1.82, 2.24) is 9.88 Å². The number of fused-ring (bicyclic) bond motifs is 1. The summed E-state index contributed by atoms with van der Waals surface area (Å²) in [6.07, 6.45) is 0.857. The van der Waals surface area contributed by atoms with Crippen LogP contribution in [0.1, 0.15) is 34.2 Å². The number of aromatic nitrogens is 1. The van der Waals surface area contributed by atoms with Gasteiger partial charge in [-0.05, 0) is 13.8 Å². The zero-order valence-corrected chi connectivity index (χ0v) is 9.80. The molecule has 0 spiro atoms. The first-order valence-corrected chi connectivity index (χ1v) is 5.94. The van der Waals surface area contributed by atoms with E-state index in [4.69, 9.17) is 5.73 Å². The van der Waals surface area contributed by atoms with Gasteiger partial charge in [0.15, 0.2) is 0 Å². The lowest BCUT2D eigenvalue weighted by Gasteiger charge is -2.29. The smallest absolute Gasteiger partial charge is 0.266 e. The van der Waals surface area contributed by atoms with E-state index in [2.05, 4.69) is 4.98 Å². The number of nitrogens with two attached hydrogens (primary N) is 1. The van der Waals surface area contributed by atoms with Gasteiger partial charge in [-0.15, -0.1) is 11.3 Å². The summed E-state index contributed by atoms with van der Waals surface area (Å²) >= 11 is 1.44. The predicted octanol–water partition coefficient (Wildman–Crippen LogP) is 1.01. The van der Waals surface area contributed by atoms with E-state index in [0.717, 1.165) is 28.5 Å². The molecule has 1 aliphatic heterocycles. The Kier molecular flexibility index (Phi) is 2.75. The fourth-order valence-electron chi connectivity index (χ4n) is 1.78. The summed E-state index contributed by atoms with van der Waals surface area (Å²) in [7, 11) is 0. The highest BCUT2D eigenvalue weighted by Gasteiger charge is 2.29. The summed E-state index contributed by atoms with van der Waals surface area (Å²) in [6.45, 7) is 5.27. The SMILES string of the molecule is CC(C)N1CCc2nc(CN)sc2C1=O. The van der Waals surface area contributed by atoms with E-state index >= 15 is 0 Å². The molecule has 2 heterocycles. The molecule has 0 bridgehead atoms. The fraction of sp³-hybridized carbons (Fsp3) is 0.600. The van der Waals surface area contributed by atoms with Crippen LogP contribution in [0.3, 0.4) is 0 Å². The van der Waals surface area contributed by atoms with Crippen LogP contribution in [0.4, 0.5) is 0 Å². The second-order valence-electron chi connectivity index (χ2n) is 3.93. The third-order valence-electron chi connectivity index (χ3n) is 2.58. The maximum absolute atomic E-state index is 12.0. The highest BCUT2D eigenvalue weighted by Crippen LogP contribution is 2.25. The Morgan fingerprint density at radius 2 is 2.33 bits per heavy atom. The van der Waals surface area contributed by atoms with E-state index in [9.17, 15) is 4.79 Å². The number of nitrogens with zero attached hydrogens (tertiary/aromatic N) is 2. The molecule has 0 aromatic carbocycles. The van der Waals surface area contributed by atoms with Gasteiger partial charge in [0.1, 0.15) is 9.88 Å². The maximum atomic E-state index is 12.0. The summed E-state index contributed by atoms with van der Waals surface area (Å²) in [5.41, 5.74) is 6.46. The third-order valence-corrected chi connectivity index (χ3v) is 3.69. The van der Waals surface area contributed by atoms with Gasteiger partial charge in [-0.1, -0.05) is 0 Å². The highest BCUT2D eigenvalue weighted by atomic mass is 32.1. The molecule has 1 amide bonds. The topological polar surface area (TPSA) is 59.2 Å². The molecule has 0 aliphatic carbocycles. The molecule has 1 aromatic heterocycles. The molecule has 1 aliphatic rings. The number of carbonyl (C=O) groups is 1. The third kappa shape index (κ3) is 1.77. The van der Waals surface area contributed by atoms with Gasteiger partial charge in [-0.2, -0.15) is 0 Å². The van der Waals surface area contributed by atoms with Gasteiger partial charge in [0.25, 0.3) is 5.91 Å². The Labute approximate surface area is 93.1 Å². The van der Waals surface area contributed by atoms with E-state index in [1.54, 1.807) is 0 Å². The van der Waals surface area contributed by atoms with Crippen LogP contribution in [0, 0.1) is 0 Å². The molecular formula is C10H15N3OS. The quantitative estimate of drug-likeness (QED) is 0.817. The largest absolute Gasteiger partial charge is 0.335 e. The predicted molar refractivity (Wildman–Crippen MR) is 59.9 cm³/mol. The second-order valence-corrected chi connectivity index (χ2v) is 5.01. The molecule has 2 N–H and O–H groups in total.